The van der Waals surface area contributed by atoms with Crippen LogP contribution in [-0.4, -0.2) is 35.6 Å². The zero-order chi connectivity index (χ0) is 12.1. The first-order valence-electron chi connectivity index (χ1n) is 6.19. The van der Waals surface area contributed by atoms with E-state index < -0.39 is 5.97 Å². The minimum absolute atomic E-state index is 0.322. The van der Waals surface area contributed by atoms with E-state index >= 15 is 0 Å². The summed E-state index contributed by atoms with van der Waals surface area (Å²) in [7, 11) is 0. The lowest BCUT2D eigenvalue weighted by molar-refractivity contribution is -0.137. The fraction of sp³-hybridized carbons (Fsp3) is 0.615. The zero-order valence-corrected chi connectivity index (χ0v) is 10.8. The molecule has 1 aliphatic heterocycles. The minimum Gasteiger partial charge on any atom is -0.481 e. The summed E-state index contributed by atoms with van der Waals surface area (Å²) in [6, 6.07) is 2.18. The number of nitrogens with zero attached hydrogens (tertiary/aromatic N) is 1. The van der Waals surface area contributed by atoms with E-state index in [1.54, 1.807) is 11.3 Å². The molecule has 1 saturated heterocycles. The van der Waals surface area contributed by atoms with Gasteiger partial charge in [0.25, 0.3) is 0 Å². The van der Waals surface area contributed by atoms with Gasteiger partial charge >= 0.3 is 5.97 Å². The van der Waals surface area contributed by atoms with Crippen LogP contribution in [0.3, 0.4) is 0 Å². The van der Waals surface area contributed by atoms with Gasteiger partial charge in [-0.2, -0.15) is 11.3 Å². The summed E-state index contributed by atoms with van der Waals surface area (Å²) >= 11 is 1.75. The zero-order valence-electron chi connectivity index (χ0n) is 9.97. The van der Waals surface area contributed by atoms with Crippen molar-refractivity contribution in [2.75, 3.05) is 19.6 Å². The molecule has 1 aliphatic rings. The number of carboxylic acid groups (broad SMARTS) is 1. The maximum absolute atomic E-state index is 10.5. The summed E-state index contributed by atoms with van der Waals surface area (Å²) in [5.41, 5.74) is 1.42. The van der Waals surface area contributed by atoms with Crippen LogP contribution in [0.25, 0.3) is 0 Å². The van der Waals surface area contributed by atoms with Gasteiger partial charge in [-0.1, -0.05) is 0 Å². The monoisotopic (exact) mass is 253 g/mol. The molecule has 4 heteroatoms. The minimum atomic E-state index is -0.665. The summed E-state index contributed by atoms with van der Waals surface area (Å²) in [6.07, 6.45) is 3.44. The van der Waals surface area contributed by atoms with Gasteiger partial charge < -0.3 is 10.0 Å². The van der Waals surface area contributed by atoms with Gasteiger partial charge in [-0.25, -0.2) is 0 Å². The van der Waals surface area contributed by atoms with Crippen molar-refractivity contribution in [2.45, 2.75) is 25.7 Å². The summed E-state index contributed by atoms with van der Waals surface area (Å²) in [6.45, 7) is 3.33. The van der Waals surface area contributed by atoms with Gasteiger partial charge in [-0.15, -0.1) is 0 Å². The molecule has 0 aromatic carbocycles. The van der Waals surface area contributed by atoms with E-state index in [9.17, 15) is 4.79 Å². The van der Waals surface area contributed by atoms with Crippen molar-refractivity contribution in [1.82, 2.24) is 4.90 Å². The van der Waals surface area contributed by atoms with E-state index in [-0.39, 0.29) is 0 Å². The lowest BCUT2D eigenvalue weighted by atomic mass is 10.0. The van der Waals surface area contributed by atoms with Crippen molar-refractivity contribution in [3.63, 3.8) is 0 Å². The third-order valence-electron chi connectivity index (χ3n) is 3.43. The van der Waals surface area contributed by atoms with Crippen molar-refractivity contribution < 1.29 is 9.90 Å². The molecule has 1 atom stereocenters. The second-order valence-corrected chi connectivity index (χ2v) is 5.55. The van der Waals surface area contributed by atoms with Gasteiger partial charge in [-0.05, 0) is 54.1 Å². The Bertz CT molecular complexity index is 350. The van der Waals surface area contributed by atoms with Crippen molar-refractivity contribution in [3.05, 3.63) is 22.4 Å². The number of rotatable bonds is 6. The first-order valence-corrected chi connectivity index (χ1v) is 7.13. The standard InChI is InChI=1S/C13H19NO2S/c15-13(16)2-1-11-3-6-14(9-11)7-4-12-5-8-17-10-12/h5,8,10-11H,1-4,6-7,9H2,(H,15,16). The molecule has 1 fully saturated rings. The average Bonchev–Trinajstić information content (AvgIpc) is 2.95. The molecule has 1 N–H and O–H groups in total. The highest BCUT2D eigenvalue weighted by Crippen LogP contribution is 2.21. The van der Waals surface area contributed by atoms with Gasteiger partial charge in [0.1, 0.15) is 0 Å². The van der Waals surface area contributed by atoms with E-state index in [2.05, 4.69) is 21.7 Å². The topological polar surface area (TPSA) is 40.5 Å². The molecular formula is C13H19NO2S. The number of thiophene rings is 1. The second-order valence-electron chi connectivity index (χ2n) is 4.77. The Morgan fingerprint density at radius 3 is 3.18 bits per heavy atom. The van der Waals surface area contributed by atoms with Crippen molar-refractivity contribution in [3.8, 4) is 0 Å². The highest BCUT2D eigenvalue weighted by Gasteiger charge is 2.22. The fourth-order valence-electron chi connectivity index (χ4n) is 2.40. The highest BCUT2D eigenvalue weighted by atomic mass is 32.1. The molecule has 1 aromatic rings. The Hall–Kier alpha value is -0.870. The van der Waals surface area contributed by atoms with E-state index in [0.717, 1.165) is 38.9 Å². The number of hydrogen-bond donors (Lipinski definition) is 1. The van der Waals surface area contributed by atoms with Crippen molar-refractivity contribution in [1.29, 1.82) is 0 Å². The molecule has 0 radical (unpaired) electrons. The van der Waals surface area contributed by atoms with Crippen molar-refractivity contribution in [2.24, 2.45) is 5.92 Å². The predicted molar refractivity (Wildman–Crippen MR) is 69.4 cm³/mol. The third kappa shape index (κ3) is 4.13. The molecule has 0 saturated carbocycles. The molecule has 0 bridgehead atoms. The molecule has 0 spiro atoms. The molecular weight excluding hydrogens is 234 g/mol. The Morgan fingerprint density at radius 2 is 2.47 bits per heavy atom. The smallest absolute Gasteiger partial charge is 0.303 e. The SMILES string of the molecule is O=C(O)CCC1CCN(CCc2ccsc2)C1. The average molecular weight is 253 g/mol. The molecule has 17 heavy (non-hydrogen) atoms. The van der Waals surface area contributed by atoms with E-state index in [1.807, 2.05) is 0 Å². The highest BCUT2D eigenvalue weighted by molar-refractivity contribution is 7.07. The number of carbonyl (C=O) groups is 1. The second kappa shape index (κ2) is 6.17. The normalized spacial score (nSPS) is 20.8. The first-order chi connectivity index (χ1) is 8.24. The number of hydrogen-bond acceptors (Lipinski definition) is 3. The van der Waals surface area contributed by atoms with Crippen LogP contribution in [0.5, 0.6) is 0 Å². The molecule has 1 aromatic heterocycles. The largest absolute Gasteiger partial charge is 0.481 e. The van der Waals surface area contributed by atoms with Crippen LogP contribution < -0.4 is 0 Å². The van der Waals surface area contributed by atoms with Gasteiger partial charge in [0, 0.05) is 19.5 Å². The lowest BCUT2D eigenvalue weighted by Gasteiger charge is -2.15. The molecule has 2 rings (SSSR count). The predicted octanol–water partition coefficient (Wildman–Crippen LogP) is 2.48. The summed E-state index contributed by atoms with van der Waals surface area (Å²) < 4.78 is 0. The van der Waals surface area contributed by atoms with Gasteiger partial charge in [0.2, 0.25) is 0 Å². The number of likely N-dealkylation sites (tertiary alicyclic amines) is 1. The fourth-order valence-corrected chi connectivity index (χ4v) is 3.10. The quantitative estimate of drug-likeness (QED) is 0.846. The molecule has 3 nitrogen and oxygen atoms in total. The van der Waals surface area contributed by atoms with Crippen LogP contribution in [0.4, 0.5) is 0 Å². The summed E-state index contributed by atoms with van der Waals surface area (Å²) in [5.74, 6) is -0.0738. The maximum Gasteiger partial charge on any atom is 0.303 e. The molecule has 1 unspecified atom stereocenters. The van der Waals surface area contributed by atoms with E-state index in [0.29, 0.717) is 12.3 Å². The van der Waals surface area contributed by atoms with Gasteiger partial charge in [-0.3, -0.25) is 4.79 Å². The van der Waals surface area contributed by atoms with Gasteiger partial charge in [0.05, 0.1) is 0 Å². The van der Waals surface area contributed by atoms with E-state index in [1.165, 1.54) is 5.56 Å². The Labute approximate surface area is 106 Å². The molecule has 0 aliphatic carbocycles. The van der Waals surface area contributed by atoms with Crippen LogP contribution in [-0.2, 0) is 11.2 Å². The van der Waals surface area contributed by atoms with Crippen LogP contribution in [0.2, 0.25) is 0 Å². The Kier molecular flexibility index (Phi) is 4.57. The van der Waals surface area contributed by atoms with Crippen LogP contribution >= 0.6 is 11.3 Å². The Balaban J connectivity index is 1.65. The first kappa shape index (κ1) is 12.6. The van der Waals surface area contributed by atoms with Gasteiger partial charge in [0.15, 0.2) is 0 Å². The third-order valence-corrected chi connectivity index (χ3v) is 4.17. The van der Waals surface area contributed by atoms with Crippen LogP contribution in [0.15, 0.2) is 16.8 Å². The summed E-state index contributed by atoms with van der Waals surface area (Å²) in [4.78, 5) is 13.0. The Morgan fingerprint density at radius 1 is 1.59 bits per heavy atom. The number of carboxylic acids is 1. The summed E-state index contributed by atoms with van der Waals surface area (Å²) in [5, 5.41) is 13.0. The molecule has 94 valence electrons. The lowest BCUT2D eigenvalue weighted by Crippen LogP contribution is -2.23. The maximum atomic E-state index is 10.5. The van der Waals surface area contributed by atoms with Crippen LogP contribution in [0.1, 0.15) is 24.8 Å². The van der Waals surface area contributed by atoms with E-state index in [4.69, 9.17) is 5.11 Å². The molecule has 2 heterocycles. The number of aliphatic carboxylic acids is 1. The van der Waals surface area contributed by atoms with Crippen LogP contribution in [0, 0.1) is 5.92 Å². The van der Waals surface area contributed by atoms with Crippen molar-refractivity contribution >= 4 is 17.3 Å². The molecule has 0 amide bonds.